The van der Waals surface area contributed by atoms with E-state index in [2.05, 4.69) is 0 Å². The topological polar surface area (TPSA) is 39.4 Å². The van der Waals surface area contributed by atoms with Gasteiger partial charge in [0.1, 0.15) is 18.0 Å². The van der Waals surface area contributed by atoms with Crippen LogP contribution in [0.5, 0.6) is 5.75 Å². The van der Waals surface area contributed by atoms with E-state index in [1.807, 2.05) is 44.2 Å². The van der Waals surface area contributed by atoms with Crippen molar-refractivity contribution in [2.45, 2.75) is 20.5 Å². The van der Waals surface area contributed by atoms with Crippen LogP contribution in [0, 0.1) is 19.7 Å². The number of aryl methyl sites for hydroxylation is 2. The standard InChI is InChI=1S/C24H19FO3/c1-15-7-10-17(11-8-15)23-24(27-14-18-5-3-4-6-20(18)25)22(26)19-13-16(2)9-12-21(19)28-23/h3-13H,14H2,1-2H3. The summed E-state index contributed by atoms with van der Waals surface area (Å²) in [5, 5.41) is 0.444. The van der Waals surface area contributed by atoms with E-state index in [-0.39, 0.29) is 23.6 Å². The molecule has 0 fully saturated rings. The first-order chi connectivity index (χ1) is 13.5. The smallest absolute Gasteiger partial charge is 0.235 e. The molecule has 1 aromatic heterocycles. The van der Waals surface area contributed by atoms with Crippen LogP contribution in [-0.4, -0.2) is 0 Å². The Morgan fingerprint density at radius 1 is 0.929 bits per heavy atom. The summed E-state index contributed by atoms with van der Waals surface area (Å²) in [5.74, 6) is 0.0586. The second-order valence-electron chi connectivity index (χ2n) is 6.84. The summed E-state index contributed by atoms with van der Waals surface area (Å²) in [5.41, 5.74) is 3.37. The van der Waals surface area contributed by atoms with Gasteiger partial charge in [-0.2, -0.15) is 0 Å². The van der Waals surface area contributed by atoms with E-state index >= 15 is 0 Å². The molecular formula is C24H19FO3. The first-order valence-electron chi connectivity index (χ1n) is 9.03. The summed E-state index contributed by atoms with van der Waals surface area (Å²) in [6.07, 6.45) is 0. The summed E-state index contributed by atoms with van der Waals surface area (Å²) >= 11 is 0. The minimum absolute atomic E-state index is 0.0619. The second kappa shape index (κ2) is 7.31. The van der Waals surface area contributed by atoms with Crippen molar-refractivity contribution >= 4 is 11.0 Å². The maximum Gasteiger partial charge on any atom is 0.235 e. The Morgan fingerprint density at radius 3 is 2.39 bits per heavy atom. The van der Waals surface area contributed by atoms with Crippen LogP contribution < -0.4 is 10.2 Å². The molecule has 0 saturated carbocycles. The fraction of sp³-hybridized carbons (Fsp3) is 0.125. The van der Waals surface area contributed by atoms with Gasteiger partial charge in [-0.15, -0.1) is 0 Å². The van der Waals surface area contributed by atoms with E-state index in [1.165, 1.54) is 6.07 Å². The van der Waals surface area contributed by atoms with Gasteiger partial charge < -0.3 is 9.15 Å². The summed E-state index contributed by atoms with van der Waals surface area (Å²) in [7, 11) is 0. The minimum Gasteiger partial charge on any atom is -0.481 e. The zero-order chi connectivity index (χ0) is 19.7. The van der Waals surface area contributed by atoms with E-state index < -0.39 is 0 Å². The third-order valence-corrected chi connectivity index (χ3v) is 4.65. The molecular weight excluding hydrogens is 355 g/mol. The highest BCUT2D eigenvalue weighted by Crippen LogP contribution is 2.32. The lowest BCUT2D eigenvalue weighted by Gasteiger charge is -2.12. The van der Waals surface area contributed by atoms with Crippen molar-refractivity contribution in [1.82, 2.24) is 0 Å². The van der Waals surface area contributed by atoms with Crippen molar-refractivity contribution in [2.75, 3.05) is 0 Å². The molecule has 0 aliphatic rings. The van der Waals surface area contributed by atoms with E-state index in [0.717, 1.165) is 16.7 Å². The highest BCUT2D eigenvalue weighted by Gasteiger charge is 2.18. The number of halogens is 1. The van der Waals surface area contributed by atoms with E-state index in [4.69, 9.17) is 9.15 Å². The number of hydrogen-bond donors (Lipinski definition) is 0. The molecule has 3 aromatic carbocycles. The fourth-order valence-corrected chi connectivity index (χ4v) is 3.08. The van der Waals surface area contributed by atoms with Gasteiger partial charge in [-0.25, -0.2) is 4.39 Å². The molecule has 0 spiro atoms. The van der Waals surface area contributed by atoms with Crippen LogP contribution in [0.15, 0.2) is 75.9 Å². The van der Waals surface area contributed by atoms with Crippen LogP contribution >= 0.6 is 0 Å². The highest BCUT2D eigenvalue weighted by atomic mass is 19.1. The van der Waals surface area contributed by atoms with Crippen molar-refractivity contribution in [1.29, 1.82) is 0 Å². The van der Waals surface area contributed by atoms with Gasteiger partial charge in [0.25, 0.3) is 0 Å². The van der Waals surface area contributed by atoms with E-state index in [0.29, 0.717) is 22.3 Å². The lowest BCUT2D eigenvalue weighted by atomic mass is 10.1. The van der Waals surface area contributed by atoms with Crippen LogP contribution in [0.25, 0.3) is 22.3 Å². The molecule has 0 atom stereocenters. The van der Waals surface area contributed by atoms with Gasteiger partial charge in [0.05, 0.1) is 5.39 Å². The van der Waals surface area contributed by atoms with Gasteiger partial charge in [0.15, 0.2) is 5.76 Å². The number of hydrogen-bond acceptors (Lipinski definition) is 3. The summed E-state index contributed by atoms with van der Waals surface area (Å²) in [6, 6.07) is 19.4. The SMILES string of the molecule is Cc1ccc(-c2oc3ccc(C)cc3c(=O)c2OCc2ccccc2F)cc1. The van der Waals surface area contributed by atoms with Crippen LogP contribution in [-0.2, 0) is 6.61 Å². The molecule has 1 heterocycles. The Morgan fingerprint density at radius 2 is 1.64 bits per heavy atom. The first-order valence-corrected chi connectivity index (χ1v) is 9.03. The van der Waals surface area contributed by atoms with Crippen LogP contribution in [0.3, 0.4) is 0 Å². The average molecular weight is 374 g/mol. The molecule has 3 nitrogen and oxygen atoms in total. The molecule has 0 bridgehead atoms. The van der Waals surface area contributed by atoms with Crippen LogP contribution in [0.4, 0.5) is 4.39 Å². The third-order valence-electron chi connectivity index (χ3n) is 4.65. The molecule has 0 amide bonds. The summed E-state index contributed by atoms with van der Waals surface area (Å²) in [6.45, 7) is 3.83. The molecule has 0 aliphatic carbocycles. The molecule has 0 radical (unpaired) electrons. The number of fused-ring (bicyclic) bond motifs is 1. The fourth-order valence-electron chi connectivity index (χ4n) is 3.08. The highest BCUT2D eigenvalue weighted by molar-refractivity contribution is 5.82. The monoisotopic (exact) mass is 374 g/mol. The van der Waals surface area contributed by atoms with E-state index in [1.54, 1.807) is 30.3 Å². The quantitative estimate of drug-likeness (QED) is 0.453. The van der Waals surface area contributed by atoms with Gasteiger partial charge in [0, 0.05) is 11.1 Å². The van der Waals surface area contributed by atoms with Gasteiger partial charge in [-0.1, -0.05) is 59.7 Å². The van der Waals surface area contributed by atoms with Gasteiger partial charge in [0.2, 0.25) is 11.2 Å². The molecule has 0 aliphatic heterocycles. The molecule has 140 valence electrons. The van der Waals surface area contributed by atoms with Crippen molar-refractivity contribution < 1.29 is 13.5 Å². The van der Waals surface area contributed by atoms with Crippen molar-refractivity contribution in [3.05, 3.63) is 99.5 Å². The maximum absolute atomic E-state index is 14.0. The summed E-state index contributed by atoms with van der Waals surface area (Å²) in [4.78, 5) is 13.2. The molecule has 28 heavy (non-hydrogen) atoms. The Labute approximate surface area is 162 Å². The largest absolute Gasteiger partial charge is 0.481 e. The zero-order valence-corrected chi connectivity index (χ0v) is 15.7. The lowest BCUT2D eigenvalue weighted by molar-refractivity contribution is 0.292. The first kappa shape index (κ1) is 18.0. The molecule has 4 heteroatoms. The normalized spacial score (nSPS) is 11.0. The second-order valence-corrected chi connectivity index (χ2v) is 6.84. The lowest BCUT2D eigenvalue weighted by Crippen LogP contribution is -2.11. The number of ether oxygens (including phenoxy) is 1. The van der Waals surface area contributed by atoms with Crippen LogP contribution in [0.2, 0.25) is 0 Å². The minimum atomic E-state index is -0.375. The third kappa shape index (κ3) is 3.41. The van der Waals surface area contributed by atoms with Crippen molar-refractivity contribution in [2.24, 2.45) is 0 Å². The Hall–Kier alpha value is -3.40. The van der Waals surface area contributed by atoms with Gasteiger partial charge >= 0.3 is 0 Å². The molecule has 4 aromatic rings. The van der Waals surface area contributed by atoms with Crippen molar-refractivity contribution in [3.63, 3.8) is 0 Å². The molecule has 4 rings (SSSR count). The maximum atomic E-state index is 14.0. The van der Waals surface area contributed by atoms with Crippen LogP contribution in [0.1, 0.15) is 16.7 Å². The van der Waals surface area contributed by atoms with Gasteiger partial charge in [-0.05, 0) is 32.0 Å². The van der Waals surface area contributed by atoms with Crippen molar-refractivity contribution in [3.8, 4) is 17.1 Å². The predicted octanol–water partition coefficient (Wildman–Crippen LogP) is 5.79. The Kier molecular flexibility index (Phi) is 4.70. The average Bonchev–Trinajstić information content (AvgIpc) is 2.69. The number of benzene rings is 3. The predicted molar refractivity (Wildman–Crippen MR) is 108 cm³/mol. The van der Waals surface area contributed by atoms with E-state index in [9.17, 15) is 9.18 Å². The Balaban J connectivity index is 1.87. The molecule has 0 unspecified atom stereocenters. The van der Waals surface area contributed by atoms with Gasteiger partial charge in [-0.3, -0.25) is 4.79 Å². The summed E-state index contributed by atoms with van der Waals surface area (Å²) < 4.78 is 25.9. The Bertz CT molecular complexity index is 1210. The molecule has 0 N–H and O–H groups in total. The number of rotatable bonds is 4. The molecule has 0 saturated heterocycles. The zero-order valence-electron chi connectivity index (χ0n) is 15.7.